The summed E-state index contributed by atoms with van der Waals surface area (Å²) in [5.41, 5.74) is 2.18. The lowest BCUT2D eigenvalue weighted by atomic mass is 10.2. The van der Waals surface area contributed by atoms with E-state index >= 15 is 0 Å². The van der Waals surface area contributed by atoms with Crippen molar-refractivity contribution in [3.8, 4) is 0 Å². The van der Waals surface area contributed by atoms with Crippen LogP contribution in [-0.2, 0) is 0 Å². The molecule has 0 aliphatic rings. The zero-order valence-corrected chi connectivity index (χ0v) is 9.38. The van der Waals surface area contributed by atoms with Crippen molar-refractivity contribution in [2.45, 2.75) is 19.8 Å². The summed E-state index contributed by atoms with van der Waals surface area (Å²) in [6.07, 6.45) is 8.46. The summed E-state index contributed by atoms with van der Waals surface area (Å²) in [6, 6.07) is 0. The Morgan fingerprint density at radius 1 is 1.46 bits per heavy atom. The lowest BCUT2D eigenvalue weighted by Gasteiger charge is -1.94. The average Bonchev–Trinajstić information content (AvgIpc) is 2.05. The third-order valence-corrected chi connectivity index (χ3v) is 1.96. The van der Waals surface area contributed by atoms with Crippen molar-refractivity contribution < 1.29 is 4.39 Å². The second kappa shape index (κ2) is 8.19. The molecule has 0 bridgehead atoms. The van der Waals surface area contributed by atoms with Gasteiger partial charge in [-0.05, 0) is 19.5 Å². The number of hydrogen-bond acceptors (Lipinski definition) is 0. The molecular formula is C11H18FP. The van der Waals surface area contributed by atoms with Crippen molar-refractivity contribution in [3.63, 3.8) is 0 Å². The van der Waals surface area contributed by atoms with E-state index < -0.39 is 0 Å². The Morgan fingerprint density at radius 2 is 2.15 bits per heavy atom. The van der Waals surface area contributed by atoms with Crippen LogP contribution in [0.3, 0.4) is 0 Å². The first kappa shape index (κ1) is 12.6. The molecular weight excluding hydrogens is 182 g/mol. The van der Waals surface area contributed by atoms with E-state index in [2.05, 4.69) is 22.7 Å². The molecule has 0 aliphatic heterocycles. The van der Waals surface area contributed by atoms with E-state index in [1.165, 1.54) is 5.57 Å². The Bertz CT molecular complexity index is 204. The van der Waals surface area contributed by atoms with Gasteiger partial charge in [-0.15, -0.1) is 9.24 Å². The molecule has 74 valence electrons. The molecule has 2 heteroatoms. The van der Waals surface area contributed by atoms with Crippen molar-refractivity contribution in [2.75, 3.05) is 12.8 Å². The molecule has 0 nitrogen and oxygen atoms in total. The molecule has 0 heterocycles. The molecule has 0 spiro atoms. The number of rotatable bonds is 6. The van der Waals surface area contributed by atoms with Crippen molar-refractivity contribution in [1.29, 1.82) is 0 Å². The lowest BCUT2D eigenvalue weighted by Crippen LogP contribution is -1.78. The number of allylic oxidation sites excluding steroid dienone is 5. The molecule has 0 aromatic carbocycles. The van der Waals surface area contributed by atoms with Gasteiger partial charge in [-0.25, -0.2) is 0 Å². The van der Waals surface area contributed by atoms with Gasteiger partial charge in [0.2, 0.25) is 0 Å². The van der Waals surface area contributed by atoms with Gasteiger partial charge < -0.3 is 0 Å². The Balaban J connectivity index is 3.84. The number of hydrogen-bond donors (Lipinski definition) is 0. The zero-order chi connectivity index (χ0) is 10.1. The predicted octanol–water partition coefficient (Wildman–Crippen LogP) is 3.67. The van der Waals surface area contributed by atoms with Crippen LogP contribution in [0.25, 0.3) is 0 Å². The van der Waals surface area contributed by atoms with Crippen LogP contribution in [0.15, 0.2) is 36.0 Å². The molecule has 0 saturated heterocycles. The molecule has 13 heavy (non-hydrogen) atoms. The number of alkyl halides is 1. The highest BCUT2D eigenvalue weighted by Crippen LogP contribution is 2.04. The van der Waals surface area contributed by atoms with E-state index in [0.717, 1.165) is 18.2 Å². The minimum atomic E-state index is -0.322. The minimum Gasteiger partial charge on any atom is -0.251 e. The minimum absolute atomic E-state index is 0.322. The summed E-state index contributed by atoms with van der Waals surface area (Å²) in [4.78, 5) is 0. The SMILES string of the molecule is C=C(/C=C\C=C(/C)CCP)CCF. The second-order valence-electron chi connectivity index (χ2n) is 3.01. The summed E-state index contributed by atoms with van der Waals surface area (Å²) < 4.78 is 11.8. The van der Waals surface area contributed by atoms with Crippen molar-refractivity contribution in [3.05, 3.63) is 36.0 Å². The molecule has 0 fully saturated rings. The number of halogens is 1. The van der Waals surface area contributed by atoms with E-state index in [4.69, 9.17) is 0 Å². The van der Waals surface area contributed by atoms with E-state index in [9.17, 15) is 4.39 Å². The molecule has 0 amide bonds. The third-order valence-electron chi connectivity index (χ3n) is 1.67. The maximum atomic E-state index is 11.8. The summed E-state index contributed by atoms with van der Waals surface area (Å²) in [7, 11) is 2.69. The molecule has 0 rings (SSSR count). The van der Waals surface area contributed by atoms with Crippen molar-refractivity contribution in [1.82, 2.24) is 0 Å². The van der Waals surface area contributed by atoms with E-state index in [1.807, 2.05) is 18.2 Å². The molecule has 0 saturated carbocycles. The molecule has 0 aromatic rings. The van der Waals surface area contributed by atoms with Gasteiger partial charge in [0.05, 0.1) is 6.67 Å². The highest BCUT2D eigenvalue weighted by atomic mass is 31.0. The maximum absolute atomic E-state index is 11.8. The van der Waals surface area contributed by atoms with Gasteiger partial charge >= 0.3 is 0 Å². The van der Waals surface area contributed by atoms with E-state index in [0.29, 0.717) is 6.42 Å². The predicted molar refractivity (Wildman–Crippen MR) is 61.8 cm³/mol. The van der Waals surface area contributed by atoms with Gasteiger partial charge in [0, 0.05) is 6.42 Å². The Hall–Kier alpha value is -0.420. The summed E-state index contributed by atoms with van der Waals surface area (Å²) in [6.45, 7) is 5.49. The Labute approximate surface area is 82.8 Å². The molecule has 1 atom stereocenters. The average molecular weight is 200 g/mol. The molecule has 1 unspecified atom stereocenters. The lowest BCUT2D eigenvalue weighted by molar-refractivity contribution is 0.497. The normalized spacial score (nSPS) is 12.4. The van der Waals surface area contributed by atoms with Gasteiger partial charge in [0.1, 0.15) is 0 Å². The van der Waals surface area contributed by atoms with Gasteiger partial charge in [0.15, 0.2) is 0 Å². The monoisotopic (exact) mass is 200 g/mol. The van der Waals surface area contributed by atoms with Crippen LogP contribution in [0.4, 0.5) is 4.39 Å². The van der Waals surface area contributed by atoms with Crippen LogP contribution >= 0.6 is 9.24 Å². The highest BCUT2D eigenvalue weighted by molar-refractivity contribution is 7.16. The van der Waals surface area contributed by atoms with Crippen LogP contribution in [0.2, 0.25) is 0 Å². The summed E-state index contributed by atoms with van der Waals surface area (Å²) >= 11 is 0. The standard InChI is InChI=1S/C11H18FP/c1-10(6-8-12)4-3-5-11(2)7-9-13/h3-5H,1,6-9,13H2,2H3/b4-3-,11-5+. The van der Waals surface area contributed by atoms with Crippen LogP contribution in [0.1, 0.15) is 19.8 Å². The fourth-order valence-corrected chi connectivity index (χ4v) is 1.32. The fourth-order valence-electron chi connectivity index (χ4n) is 0.864. The van der Waals surface area contributed by atoms with Gasteiger partial charge in [-0.1, -0.05) is 36.0 Å². The Morgan fingerprint density at radius 3 is 2.69 bits per heavy atom. The van der Waals surface area contributed by atoms with Gasteiger partial charge in [-0.2, -0.15) is 0 Å². The van der Waals surface area contributed by atoms with E-state index in [1.54, 1.807) is 0 Å². The first-order chi connectivity index (χ1) is 6.20. The molecule has 0 N–H and O–H groups in total. The van der Waals surface area contributed by atoms with Crippen LogP contribution in [0.5, 0.6) is 0 Å². The van der Waals surface area contributed by atoms with Gasteiger partial charge in [-0.3, -0.25) is 4.39 Å². The van der Waals surface area contributed by atoms with E-state index in [-0.39, 0.29) is 6.67 Å². The van der Waals surface area contributed by atoms with Crippen LogP contribution in [0, 0.1) is 0 Å². The van der Waals surface area contributed by atoms with Crippen molar-refractivity contribution >= 4 is 9.24 Å². The summed E-state index contributed by atoms with van der Waals surface area (Å²) in [5, 5.41) is 0. The highest BCUT2D eigenvalue weighted by Gasteiger charge is 1.87. The van der Waals surface area contributed by atoms with Crippen LogP contribution in [-0.4, -0.2) is 12.8 Å². The van der Waals surface area contributed by atoms with Gasteiger partial charge in [0.25, 0.3) is 0 Å². The first-order valence-corrected chi connectivity index (χ1v) is 5.30. The second-order valence-corrected chi connectivity index (χ2v) is 3.59. The third kappa shape index (κ3) is 7.93. The van der Waals surface area contributed by atoms with Crippen LogP contribution < -0.4 is 0 Å². The fraction of sp³-hybridized carbons (Fsp3) is 0.455. The van der Waals surface area contributed by atoms with Crippen molar-refractivity contribution in [2.24, 2.45) is 0 Å². The molecule has 0 aromatic heterocycles. The largest absolute Gasteiger partial charge is 0.251 e. The first-order valence-electron chi connectivity index (χ1n) is 4.48. The Kier molecular flexibility index (Phi) is 7.93. The quantitative estimate of drug-likeness (QED) is 0.453. The molecule has 0 aliphatic carbocycles. The smallest absolute Gasteiger partial charge is 0.0934 e. The molecule has 0 radical (unpaired) electrons. The topological polar surface area (TPSA) is 0 Å². The summed E-state index contributed by atoms with van der Waals surface area (Å²) in [5.74, 6) is 0. The maximum Gasteiger partial charge on any atom is 0.0934 e. The zero-order valence-electron chi connectivity index (χ0n) is 8.22.